The summed E-state index contributed by atoms with van der Waals surface area (Å²) in [5, 5.41) is 2.83. The quantitative estimate of drug-likeness (QED) is 0.929. The minimum Gasteiger partial charge on any atom is -0.497 e. The fourth-order valence-electron chi connectivity index (χ4n) is 1.98. The highest BCUT2D eigenvalue weighted by Crippen LogP contribution is 2.24. The predicted octanol–water partition coefficient (Wildman–Crippen LogP) is 3.14. The molecule has 0 aliphatic heterocycles. The lowest BCUT2D eigenvalue weighted by atomic mass is 9.99. The molecule has 1 atom stereocenters. The molecule has 1 amide bonds. The number of alkyl carbamates (subject to hydrolysis) is 1. The fourth-order valence-corrected chi connectivity index (χ4v) is 1.98. The minimum absolute atomic E-state index is 0.255. The van der Waals surface area contributed by atoms with E-state index in [-0.39, 0.29) is 6.04 Å². The van der Waals surface area contributed by atoms with Crippen LogP contribution in [0.2, 0.25) is 0 Å². The summed E-state index contributed by atoms with van der Waals surface area (Å²) in [6.07, 6.45) is -0.463. The Morgan fingerprint density at radius 2 is 1.55 bits per heavy atom. The van der Waals surface area contributed by atoms with E-state index in [1.54, 1.807) is 7.11 Å². The van der Waals surface area contributed by atoms with Gasteiger partial charge in [0.2, 0.25) is 0 Å². The van der Waals surface area contributed by atoms with Crippen LogP contribution in [0.25, 0.3) is 0 Å². The molecule has 2 aromatic carbocycles. The van der Waals surface area contributed by atoms with Gasteiger partial charge in [0.05, 0.1) is 20.3 Å². The van der Waals surface area contributed by atoms with Crippen LogP contribution in [0.15, 0.2) is 54.6 Å². The lowest BCUT2D eigenvalue weighted by Crippen LogP contribution is -2.29. The summed E-state index contributed by atoms with van der Waals surface area (Å²) >= 11 is 0. The zero-order chi connectivity index (χ0) is 14.4. The molecular weight excluding hydrogens is 254 g/mol. The van der Waals surface area contributed by atoms with Crippen molar-refractivity contribution in [3.63, 3.8) is 0 Å². The molecule has 0 aromatic heterocycles. The summed E-state index contributed by atoms with van der Waals surface area (Å²) < 4.78 is 9.84. The number of benzene rings is 2. The molecule has 0 spiro atoms. The van der Waals surface area contributed by atoms with Gasteiger partial charge in [-0.15, -0.1) is 0 Å². The van der Waals surface area contributed by atoms with Crippen molar-refractivity contribution in [3.8, 4) is 5.75 Å². The zero-order valence-corrected chi connectivity index (χ0v) is 11.5. The third-order valence-corrected chi connectivity index (χ3v) is 3.03. The Balaban J connectivity index is 2.32. The van der Waals surface area contributed by atoms with Crippen LogP contribution in [0, 0.1) is 0 Å². The van der Waals surface area contributed by atoms with E-state index in [1.165, 1.54) is 7.11 Å². The van der Waals surface area contributed by atoms with Gasteiger partial charge in [0.1, 0.15) is 5.75 Å². The average molecular weight is 271 g/mol. The number of hydrogen-bond acceptors (Lipinski definition) is 3. The number of methoxy groups -OCH3 is 2. The normalized spacial score (nSPS) is 11.5. The highest BCUT2D eigenvalue weighted by molar-refractivity contribution is 5.68. The molecule has 20 heavy (non-hydrogen) atoms. The standard InChI is InChI=1S/C16H17NO3/c1-19-14-10-8-13(9-11-14)15(17-16(18)20-2)12-6-4-3-5-7-12/h3-11,15H,1-2H3,(H,17,18). The minimum atomic E-state index is -0.463. The van der Waals surface area contributed by atoms with Crippen LogP contribution < -0.4 is 10.1 Å². The second-order valence-electron chi connectivity index (χ2n) is 4.25. The van der Waals surface area contributed by atoms with E-state index in [0.717, 1.165) is 16.9 Å². The van der Waals surface area contributed by atoms with Crippen LogP contribution in [0.3, 0.4) is 0 Å². The number of nitrogens with one attached hydrogen (secondary N) is 1. The number of rotatable bonds is 4. The SMILES string of the molecule is COC(=O)NC(c1ccccc1)c1ccc(OC)cc1. The van der Waals surface area contributed by atoms with Crippen LogP contribution in [0.1, 0.15) is 17.2 Å². The van der Waals surface area contributed by atoms with Gasteiger partial charge in [-0.05, 0) is 23.3 Å². The van der Waals surface area contributed by atoms with Crippen LogP contribution >= 0.6 is 0 Å². The maximum Gasteiger partial charge on any atom is 0.407 e. The smallest absolute Gasteiger partial charge is 0.407 e. The van der Waals surface area contributed by atoms with E-state index in [4.69, 9.17) is 9.47 Å². The van der Waals surface area contributed by atoms with Gasteiger partial charge in [-0.2, -0.15) is 0 Å². The molecule has 1 unspecified atom stereocenters. The van der Waals surface area contributed by atoms with E-state index >= 15 is 0 Å². The van der Waals surface area contributed by atoms with E-state index in [9.17, 15) is 4.79 Å². The van der Waals surface area contributed by atoms with E-state index in [1.807, 2.05) is 54.6 Å². The van der Waals surface area contributed by atoms with Gasteiger partial charge >= 0.3 is 6.09 Å². The van der Waals surface area contributed by atoms with E-state index in [2.05, 4.69) is 5.32 Å². The number of amides is 1. The molecule has 0 saturated heterocycles. The molecule has 0 aliphatic rings. The highest BCUT2D eigenvalue weighted by atomic mass is 16.5. The maximum atomic E-state index is 11.5. The zero-order valence-electron chi connectivity index (χ0n) is 11.5. The lowest BCUT2D eigenvalue weighted by molar-refractivity contribution is 0.168. The fraction of sp³-hybridized carbons (Fsp3) is 0.188. The van der Waals surface area contributed by atoms with Gasteiger partial charge in [0.15, 0.2) is 0 Å². The van der Waals surface area contributed by atoms with E-state index < -0.39 is 6.09 Å². The first-order valence-corrected chi connectivity index (χ1v) is 6.28. The third kappa shape index (κ3) is 3.29. The Kier molecular flexibility index (Phi) is 4.60. The van der Waals surface area contributed by atoms with Crippen molar-refractivity contribution < 1.29 is 14.3 Å². The largest absolute Gasteiger partial charge is 0.497 e. The van der Waals surface area contributed by atoms with Crippen molar-refractivity contribution in [1.82, 2.24) is 5.32 Å². The van der Waals surface area contributed by atoms with Crippen molar-refractivity contribution in [3.05, 3.63) is 65.7 Å². The van der Waals surface area contributed by atoms with Gasteiger partial charge in [-0.1, -0.05) is 42.5 Å². The summed E-state index contributed by atoms with van der Waals surface area (Å²) in [4.78, 5) is 11.5. The maximum absolute atomic E-state index is 11.5. The number of ether oxygens (including phenoxy) is 2. The Morgan fingerprint density at radius 3 is 2.10 bits per heavy atom. The molecule has 0 saturated carbocycles. The van der Waals surface area contributed by atoms with Gasteiger partial charge in [0.25, 0.3) is 0 Å². The Bertz CT molecular complexity index is 552. The molecule has 0 radical (unpaired) electrons. The molecule has 4 nitrogen and oxygen atoms in total. The molecule has 0 heterocycles. The number of carbonyl (C=O) groups excluding carboxylic acids is 1. The number of carbonyl (C=O) groups is 1. The molecule has 1 N–H and O–H groups in total. The Hall–Kier alpha value is -2.49. The van der Waals surface area contributed by atoms with Crippen LogP contribution in [0.5, 0.6) is 5.75 Å². The van der Waals surface area contributed by atoms with Crippen LogP contribution in [0.4, 0.5) is 4.79 Å². The summed E-state index contributed by atoms with van der Waals surface area (Å²) in [5.74, 6) is 0.777. The Morgan fingerprint density at radius 1 is 0.950 bits per heavy atom. The van der Waals surface area contributed by atoms with Crippen molar-refractivity contribution in [2.24, 2.45) is 0 Å². The third-order valence-electron chi connectivity index (χ3n) is 3.03. The van der Waals surface area contributed by atoms with Crippen molar-refractivity contribution in [2.75, 3.05) is 14.2 Å². The summed E-state index contributed by atoms with van der Waals surface area (Å²) in [7, 11) is 2.97. The summed E-state index contributed by atoms with van der Waals surface area (Å²) in [5.41, 5.74) is 1.95. The van der Waals surface area contributed by atoms with Crippen LogP contribution in [-0.2, 0) is 4.74 Å². The molecule has 2 aromatic rings. The molecule has 0 fully saturated rings. The molecule has 0 bridgehead atoms. The topological polar surface area (TPSA) is 47.6 Å². The second kappa shape index (κ2) is 6.61. The van der Waals surface area contributed by atoms with Crippen LogP contribution in [-0.4, -0.2) is 20.3 Å². The van der Waals surface area contributed by atoms with Crippen molar-refractivity contribution >= 4 is 6.09 Å². The highest BCUT2D eigenvalue weighted by Gasteiger charge is 2.16. The second-order valence-corrected chi connectivity index (χ2v) is 4.25. The Labute approximate surface area is 118 Å². The van der Waals surface area contributed by atoms with Gasteiger partial charge < -0.3 is 14.8 Å². The summed E-state index contributed by atoms with van der Waals surface area (Å²) in [6.45, 7) is 0. The molecule has 104 valence electrons. The number of hydrogen-bond donors (Lipinski definition) is 1. The van der Waals surface area contributed by atoms with Gasteiger partial charge in [-0.3, -0.25) is 0 Å². The lowest BCUT2D eigenvalue weighted by Gasteiger charge is -2.19. The first-order chi connectivity index (χ1) is 9.74. The van der Waals surface area contributed by atoms with Crippen molar-refractivity contribution in [1.29, 1.82) is 0 Å². The molecule has 4 heteroatoms. The van der Waals surface area contributed by atoms with E-state index in [0.29, 0.717) is 0 Å². The predicted molar refractivity (Wildman–Crippen MR) is 76.8 cm³/mol. The molecule has 0 aliphatic carbocycles. The first kappa shape index (κ1) is 13.9. The monoisotopic (exact) mass is 271 g/mol. The average Bonchev–Trinajstić information content (AvgIpc) is 2.53. The van der Waals surface area contributed by atoms with Gasteiger partial charge in [-0.25, -0.2) is 4.79 Å². The summed E-state index contributed by atoms with van der Waals surface area (Å²) in [6, 6.07) is 17.1. The first-order valence-electron chi connectivity index (χ1n) is 6.28. The molecule has 2 rings (SSSR count). The molecular formula is C16H17NO3. The van der Waals surface area contributed by atoms with Crippen molar-refractivity contribution in [2.45, 2.75) is 6.04 Å². The van der Waals surface area contributed by atoms with Gasteiger partial charge in [0, 0.05) is 0 Å².